The van der Waals surface area contributed by atoms with E-state index < -0.39 is 18.2 Å². The van der Waals surface area contributed by atoms with Crippen LogP contribution < -0.4 is 0 Å². The quantitative estimate of drug-likeness (QED) is 0.392. The van der Waals surface area contributed by atoms with Gasteiger partial charge in [0.15, 0.2) is 0 Å². The van der Waals surface area contributed by atoms with Crippen LogP contribution >= 0.6 is 0 Å². The number of rotatable bonds is 11. The minimum atomic E-state index is -0.776. The zero-order valence-electron chi connectivity index (χ0n) is 15.2. The number of hydrogen-bond donors (Lipinski definition) is 3. The fourth-order valence-electron chi connectivity index (χ4n) is 3.34. The van der Waals surface area contributed by atoms with E-state index >= 15 is 0 Å². The molecular formula is C20H32O5. The molecule has 0 aromatic heterocycles. The van der Waals surface area contributed by atoms with Gasteiger partial charge in [-0.2, -0.15) is 0 Å². The van der Waals surface area contributed by atoms with Crippen molar-refractivity contribution in [3.8, 4) is 11.8 Å². The van der Waals surface area contributed by atoms with Crippen LogP contribution in [0.2, 0.25) is 0 Å². The lowest BCUT2D eigenvalue weighted by Gasteiger charge is -2.15. The minimum Gasteiger partial charge on any atom is -0.481 e. The third kappa shape index (κ3) is 8.51. The highest BCUT2D eigenvalue weighted by Crippen LogP contribution is 2.33. The first-order valence-electron chi connectivity index (χ1n) is 9.57. The van der Waals surface area contributed by atoms with E-state index in [0.717, 1.165) is 38.5 Å². The van der Waals surface area contributed by atoms with E-state index in [1.54, 1.807) is 0 Å². The number of hydrogen-bond acceptors (Lipinski definition) is 4. The molecule has 1 rings (SSSR count). The SMILES string of the molecule is CCCCC[C@@H](O)C#C[C@H]1[C@H](O)CC(=O)[C@H]1CCCCCCC(=O)O. The molecule has 25 heavy (non-hydrogen) atoms. The number of aliphatic hydroxyl groups excluding tert-OH is 2. The predicted octanol–water partition coefficient (Wildman–Crippen LogP) is 2.92. The minimum absolute atomic E-state index is 0.0535. The lowest BCUT2D eigenvalue weighted by atomic mass is 9.89. The zero-order chi connectivity index (χ0) is 18.7. The summed E-state index contributed by atoms with van der Waals surface area (Å²) in [7, 11) is 0. The fourth-order valence-corrected chi connectivity index (χ4v) is 3.34. The summed E-state index contributed by atoms with van der Waals surface area (Å²) in [6.07, 6.45) is 6.50. The number of carbonyl (C=O) groups is 2. The van der Waals surface area contributed by atoms with Gasteiger partial charge in [-0.15, -0.1) is 0 Å². The van der Waals surface area contributed by atoms with Crippen molar-refractivity contribution in [2.45, 2.75) is 89.8 Å². The Morgan fingerprint density at radius 2 is 1.92 bits per heavy atom. The largest absolute Gasteiger partial charge is 0.481 e. The van der Waals surface area contributed by atoms with Gasteiger partial charge in [0, 0.05) is 18.8 Å². The van der Waals surface area contributed by atoms with Crippen molar-refractivity contribution in [1.29, 1.82) is 0 Å². The number of ketones is 1. The molecule has 1 aliphatic rings. The smallest absolute Gasteiger partial charge is 0.303 e. The molecule has 0 spiro atoms. The van der Waals surface area contributed by atoms with E-state index in [2.05, 4.69) is 18.8 Å². The highest BCUT2D eigenvalue weighted by atomic mass is 16.4. The van der Waals surface area contributed by atoms with Crippen LogP contribution in [-0.4, -0.2) is 39.3 Å². The van der Waals surface area contributed by atoms with E-state index in [1.165, 1.54) is 0 Å². The molecule has 1 aliphatic carbocycles. The topological polar surface area (TPSA) is 94.8 Å². The maximum Gasteiger partial charge on any atom is 0.303 e. The molecule has 5 nitrogen and oxygen atoms in total. The maximum atomic E-state index is 12.1. The highest BCUT2D eigenvalue weighted by molar-refractivity contribution is 5.84. The van der Waals surface area contributed by atoms with Crippen molar-refractivity contribution >= 4 is 11.8 Å². The molecule has 5 heteroatoms. The van der Waals surface area contributed by atoms with Crippen molar-refractivity contribution in [3.05, 3.63) is 0 Å². The van der Waals surface area contributed by atoms with Crippen molar-refractivity contribution in [1.82, 2.24) is 0 Å². The molecule has 3 N–H and O–H groups in total. The van der Waals surface area contributed by atoms with Crippen LogP contribution in [0.3, 0.4) is 0 Å². The number of aliphatic hydroxyl groups is 2. The van der Waals surface area contributed by atoms with Crippen LogP contribution in [0.5, 0.6) is 0 Å². The summed E-state index contributed by atoms with van der Waals surface area (Å²) in [6, 6.07) is 0. The number of carboxylic acid groups (broad SMARTS) is 1. The third-order valence-corrected chi connectivity index (χ3v) is 4.83. The number of carboxylic acids is 1. The Balaban J connectivity index is 2.42. The Labute approximate surface area is 150 Å². The molecular weight excluding hydrogens is 320 g/mol. The Hall–Kier alpha value is -1.38. The van der Waals surface area contributed by atoms with E-state index in [9.17, 15) is 19.8 Å². The number of Topliss-reactive ketones (excluding diaryl/α,β-unsaturated/α-hetero) is 1. The molecule has 0 aromatic rings. The van der Waals surface area contributed by atoms with Gasteiger partial charge in [-0.1, -0.05) is 50.9 Å². The van der Waals surface area contributed by atoms with Crippen molar-refractivity contribution in [2.24, 2.45) is 11.8 Å². The van der Waals surface area contributed by atoms with E-state index in [-0.39, 0.29) is 30.5 Å². The van der Waals surface area contributed by atoms with Crippen LogP contribution in [0.4, 0.5) is 0 Å². The van der Waals surface area contributed by atoms with E-state index in [4.69, 9.17) is 5.11 Å². The zero-order valence-corrected chi connectivity index (χ0v) is 15.2. The number of unbranched alkanes of at least 4 members (excludes halogenated alkanes) is 5. The summed E-state index contributed by atoms with van der Waals surface area (Å²) in [4.78, 5) is 22.6. The molecule has 4 atom stereocenters. The molecule has 142 valence electrons. The fraction of sp³-hybridized carbons (Fsp3) is 0.800. The van der Waals surface area contributed by atoms with E-state index in [0.29, 0.717) is 19.3 Å². The van der Waals surface area contributed by atoms with Crippen LogP contribution in [0.1, 0.15) is 77.6 Å². The molecule has 1 fully saturated rings. The van der Waals surface area contributed by atoms with Crippen molar-refractivity contribution < 1.29 is 24.9 Å². The first-order chi connectivity index (χ1) is 12.0. The third-order valence-electron chi connectivity index (χ3n) is 4.83. The van der Waals surface area contributed by atoms with Gasteiger partial charge in [-0.3, -0.25) is 9.59 Å². The predicted molar refractivity (Wildman–Crippen MR) is 95.9 cm³/mol. The first-order valence-corrected chi connectivity index (χ1v) is 9.57. The summed E-state index contributed by atoms with van der Waals surface area (Å²) >= 11 is 0. The second-order valence-corrected chi connectivity index (χ2v) is 7.02. The molecule has 0 amide bonds. The monoisotopic (exact) mass is 352 g/mol. The Bertz CT molecular complexity index is 476. The molecule has 0 aromatic carbocycles. The van der Waals surface area contributed by atoms with Gasteiger partial charge in [-0.25, -0.2) is 0 Å². The van der Waals surface area contributed by atoms with Crippen LogP contribution in [0, 0.1) is 23.7 Å². The van der Waals surface area contributed by atoms with E-state index in [1.807, 2.05) is 0 Å². The van der Waals surface area contributed by atoms with Gasteiger partial charge in [-0.05, 0) is 25.7 Å². The Morgan fingerprint density at radius 1 is 1.20 bits per heavy atom. The lowest BCUT2D eigenvalue weighted by Crippen LogP contribution is -2.19. The van der Waals surface area contributed by atoms with Gasteiger partial charge in [0.1, 0.15) is 11.9 Å². The molecule has 0 radical (unpaired) electrons. The summed E-state index contributed by atoms with van der Waals surface area (Å²) in [5.74, 6) is 4.41. The Morgan fingerprint density at radius 3 is 2.60 bits per heavy atom. The normalized spacial score (nSPS) is 24.0. The first kappa shape index (κ1) is 21.7. The average Bonchev–Trinajstić information content (AvgIpc) is 2.82. The summed E-state index contributed by atoms with van der Waals surface area (Å²) in [5, 5.41) is 28.6. The molecule has 0 unspecified atom stereocenters. The number of aliphatic carboxylic acids is 1. The number of carbonyl (C=O) groups excluding carboxylic acids is 1. The van der Waals surface area contributed by atoms with Crippen molar-refractivity contribution in [3.63, 3.8) is 0 Å². The Kier molecular flexibility index (Phi) is 10.4. The highest BCUT2D eigenvalue weighted by Gasteiger charge is 2.40. The summed E-state index contributed by atoms with van der Waals surface area (Å²) in [6.45, 7) is 2.10. The van der Waals surface area contributed by atoms with Gasteiger partial charge >= 0.3 is 5.97 Å². The molecule has 0 aliphatic heterocycles. The van der Waals surface area contributed by atoms with Gasteiger partial charge in [0.2, 0.25) is 0 Å². The molecule has 0 bridgehead atoms. The summed E-state index contributed by atoms with van der Waals surface area (Å²) < 4.78 is 0. The molecule has 0 heterocycles. The van der Waals surface area contributed by atoms with Gasteiger partial charge in [0.05, 0.1) is 12.0 Å². The van der Waals surface area contributed by atoms with Crippen molar-refractivity contribution in [2.75, 3.05) is 0 Å². The van der Waals surface area contributed by atoms with Crippen LogP contribution in [-0.2, 0) is 9.59 Å². The second-order valence-electron chi connectivity index (χ2n) is 7.02. The second kappa shape index (κ2) is 12.1. The average molecular weight is 352 g/mol. The van der Waals surface area contributed by atoms with Gasteiger partial charge in [0.25, 0.3) is 0 Å². The molecule has 0 saturated heterocycles. The van der Waals surface area contributed by atoms with Crippen LogP contribution in [0.25, 0.3) is 0 Å². The molecule has 1 saturated carbocycles. The standard InChI is InChI=1S/C20H32O5/c1-2-3-6-9-15(21)12-13-17-16(18(22)14-19(17)23)10-7-4-5-8-11-20(24)25/h15-17,19,21,23H,2-11,14H2,1H3,(H,24,25)/t15-,16+,17-,19-/m1/s1. The van der Waals surface area contributed by atoms with Gasteiger partial charge < -0.3 is 15.3 Å². The lowest BCUT2D eigenvalue weighted by molar-refractivity contribution is -0.137. The summed E-state index contributed by atoms with van der Waals surface area (Å²) in [5.41, 5.74) is 0. The maximum absolute atomic E-state index is 12.1. The van der Waals surface area contributed by atoms with Crippen LogP contribution in [0.15, 0.2) is 0 Å².